The van der Waals surface area contributed by atoms with Crippen molar-refractivity contribution in [1.29, 1.82) is 0 Å². The van der Waals surface area contributed by atoms with E-state index in [1.807, 2.05) is 24.7 Å². The highest BCUT2D eigenvalue weighted by molar-refractivity contribution is 5.81. The number of pyridine rings is 1. The van der Waals surface area contributed by atoms with Crippen molar-refractivity contribution in [3.05, 3.63) is 60.0 Å². The lowest BCUT2D eigenvalue weighted by molar-refractivity contribution is 0.255. The molecule has 0 amide bonds. The number of nitrogens with one attached hydrogen (secondary N) is 1. The van der Waals surface area contributed by atoms with Crippen LogP contribution in [0.4, 0.5) is 0 Å². The lowest BCUT2D eigenvalue weighted by Gasteiger charge is -2.21. The molecule has 1 saturated heterocycles. The Labute approximate surface area is 148 Å². The highest BCUT2D eigenvalue weighted by Gasteiger charge is 2.24. The molecule has 3 aromatic rings. The standard InChI is InChI=1S/C20H25N5/c1-24(12-16-4-3-8-21-10-16)13-17-7-9-25(14-17)15-19-6-2-5-18-11-22-23-20(18)19/h2-6,8,10-11,17H,7,9,12-15H2,1H3,(H,22,23). The summed E-state index contributed by atoms with van der Waals surface area (Å²) in [4.78, 5) is 9.19. The number of rotatable bonds is 6. The first kappa shape index (κ1) is 16.2. The first-order valence-electron chi connectivity index (χ1n) is 8.99. The molecule has 1 atom stereocenters. The number of hydrogen-bond donors (Lipinski definition) is 1. The van der Waals surface area contributed by atoms with Gasteiger partial charge in [-0.2, -0.15) is 5.10 Å². The average molecular weight is 335 g/mol. The van der Waals surface area contributed by atoms with E-state index >= 15 is 0 Å². The minimum Gasteiger partial charge on any atom is -0.302 e. The molecule has 1 aromatic carbocycles. The monoisotopic (exact) mass is 335 g/mol. The van der Waals surface area contributed by atoms with E-state index in [0.29, 0.717) is 0 Å². The summed E-state index contributed by atoms with van der Waals surface area (Å²) in [6.07, 6.45) is 6.97. The first-order chi connectivity index (χ1) is 12.3. The molecule has 130 valence electrons. The SMILES string of the molecule is CN(Cc1cccnc1)CC1CCN(Cc2cccc3cn[nH]c23)C1. The van der Waals surface area contributed by atoms with E-state index in [4.69, 9.17) is 0 Å². The average Bonchev–Trinajstić information content (AvgIpc) is 3.25. The van der Waals surface area contributed by atoms with Gasteiger partial charge in [0.1, 0.15) is 0 Å². The molecule has 0 radical (unpaired) electrons. The minimum absolute atomic E-state index is 0.739. The van der Waals surface area contributed by atoms with Crippen LogP contribution in [-0.2, 0) is 13.1 Å². The van der Waals surface area contributed by atoms with E-state index < -0.39 is 0 Å². The Balaban J connectivity index is 1.31. The van der Waals surface area contributed by atoms with Crippen LogP contribution in [0.25, 0.3) is 10.9 Å². The predicted molar refractivity (Wildman–Crippen MR) is 100 cm³/mol. The van der Waals surface area contributed by atoms with Gasteiger partial charge >= 0.3 is 0 Å². The third-order valence-corrected chi connectivity index (χ3v) is 5.07. The quantitative estimate of drug-likeness (QED) is 0.752. The minimum atomic E-state index is 0.739. The van der Waals surface area contributed by atoms with E-state index in [0.717, 1.165) is 25.6 Å². The molecule has 0 saturated carbocycles. The van der Waals surface area contributed by atoms with Crippen LogP contribution in [0.15, 0.2) is 48.9 Å². The van der Waals surface area contributed by atoms with E-state index in [1.165, 1.54) is 41.5 Å². The zero-order valence-corrected chi connectivity index (χ0v) is 14.7. The van der Waals surface area contributed by atoms with Gasteiger partial charge in [-0.1, -0.05) is 24.3 Å². The largest absolute Gasteiger partial charge is 0.302 e. The van der Waals surface area contributed by atoms with Gasteiger partial charge in [-0.15, -0.1) is 0 Å². The molecule has 3 heterocycles. The Morgan fingerprint density at radius 1 is 1.24 bits per heavy atom. The Bertz CT molecular complexity index is 813. The van der Waals surface area contributed by atoms with Gasteiger partial charge in [0, 0.05) is 44.0 Å². The molecule has 1 unspecified atom stereocenters. The van der Waals surface area contributed by atoms with Gasteiger partial charge in [0.05, 0.1) is 11.7 Å². The van der Waals surface area contributed by atoms with Crippen molar-refractivity contribution in [2.75, 3.05) is 26.7 Å². The van der Waals surface area contributed by atoms with Crippen LogP contribution in [-0.4, -0.2) is 51.7 Å². The van der Waals surface area contributed by atoms with Crippen molar-refractivity contribution < 1.29 is 0 Å². The normalized spacial score (nSPS) is 18.4. The lowest BCUT2D eigenvalue weighted by atomic mass is 10.1. The highest BCUT2D eigenvalue weighted by Crippen LogP contribution is 2.23. The van der Waals surface area contributed by atoms with Crippen LogP contribution in [0.3, 0.4) is 0 Å². The molecule has 1 N–H and O–H groups in total. The van der Waals surface area contributed by atoms with Gasteiger partial charge in [0.2, 0.25) is 0 Å². The maximum atomic E-state index is 4.21. The summed E-state index contributed by atoms with van der Waals surface area (Å²) in [5.74, 6) is 0.739. The molecule has 0 aliphatic carbocycles. The molecular weight excluding hydrogens is 310 g/mol. The van der Waals surface area contributed by atoms with Crippen LogP contribution in [0.1, 0.15) is 17.5 Å². The van der Waals surface area contributed by atoms with E-state index in [1.54, 1.807) is 0 Å². The summed E-state index contributed by atoms with van der Waals surface area (Å²) in [6, 6.07) is 10.6. The van der Waals surface area contributed by atoms with E-state index in [9.17, 15) is 0 Å². The van der Waals surface area contributed by atoms with Crippen LogP contribution < -0.4 is 0 Å². The lowest BCUT2D eigenvalue weighted by Crippen LogP contribution is -2.28. The second-order valence-electron chi connectivity index (χ2n) is 7.20. The highest BCUT2D eigenvalue weighted by atomic mass is 15.2. The topological polar surface area (TPSA) is 48.1 Å². The maximum Gasteiger partial charge on any atom is 0.0695 e. The number of aromatic nitrogens is 3. The number of hydrogen-bond acceptors (Lipinski definition) is 4. The van der Waals surface area contributed by atoms with Crippen molar-refractivity contribution in [2.45, 2.75) is 19.5 Å². The predicted octanol–water partition coefficient (Wildman–Crippen LogP) is 2.91. The second kappa shape index (κ2) is 7.33. The van der Waals surface area contributed by atoms with Crippen molar-refractivity contribution in [2.24, 2.45) is 5.92 Å². The van der Waals surface area contributed by atoms with Crippen LogP contribution in [0.2, 0.25) is 0 Å². The number of para-hydroxylation sites is 1. The molecule has 5 nitrogen and oxygen atoms in total. The van der Waals surface area contributed by atoms with E-state index in [-0.39, 0.29) is 0 Å². The molecule has 1 fully saturated rings. The summed E-state index contributed by atoms with van der Waals surface area (Å²) < 4.78 is 0. The Morgan fingerprint density at radius 2 is 2.20 bits per heavy atom. The Hall–Kier alpha value is -2.24. The fraction of sp³-hybridized carbons (Fsp3) is 0.400. The second-order valence-corrected chi connectivity index (χ2v) is 7.20. The van der Waals surface area contributed by atoms with Gasteiger partial charge in [0.15, 0.2) is 0 Å². The van der Waals surface area contributed by atoms with Gasteiger partial charge in [-0.3, -0.25) is 15.0 Å². The smallest absolute Gasteiger partial charge is 0.0695 e. The summed E-state index contributed by atoms with van der Waals surface area (Å²) in [7, 11) is 2.21. The summed E-state index contributed by atoms with van der Waals surface area (Å²) in [5, 5.41) is 8.52. The van der Waals surface area contributed by atoms with Crippen molar-refractivity contribution >= 4 is 10.9 Å². The Morgan fingerprint density at radius 3 is 3.08 bits per heavy atom. The molecular formula is C20H25N5. The molecule has 2 aromatic heterocycles. The number of benzene rings is 1. The van der Waals surface area contributed by atoms with Crippen molar-refractivity contribution in [3.63, 3.8) is 0 Å². The number of likely N-dealkylation sites (tertiary alicyclic amines) is 1. The summed E-state index contributed by atoms with van der Waals surface area (Å²) >= 11 is 0. The molecule has 25 heavy (non-hydrogen) atoms. The molecule has 5 heteroatoms. The summed E-state index contributed by atoms with van der Waals surface area (Å²) in [6.45, 7) is 5.46. The third-order valence-electron chi connectivity index (χ3n) is 5.07. The number of nitrogens with zero attached hydrogens (tertiary/aromatic N) is 4. The fourth-order valence-corrected chi connectivity index (χ4v) is 3.92. The Kier molecular flexibility index (Phi) is 4.76. The molecule has 1 aliphatic rings. The van der Waals surface area contributed by atoms with Gasteiger partial charge in [-0.05, 0) is 43.1 Å². The van der Waals surface area contributed by atoms with Gasteiger partial charge < -0.3 is 4.90 Å². The first-order valence-corrected chi connectivity index (χ1v) is 8.99. The van der Waals surface area contributed by atoms with Crippen LogP contribution >= 0.6 is 0 Å². The third kappa shape index (κ3) is 3.89. The number of H-pyrrole nitrogens is 1. The van der Waals surface area contributed by atoms with Crippen molar-refractivity contribution in [1.82, 2.24) is 25.0 Å². The van der Waals surface area contributed by atoms with Gasteiger partial charge in [-0.25, -0.2) is 0 Å². The van der Waals surface area contributed by atoms with E-state index in [2.05, 4.69) is 56.3 Å². The molecule has 0 bridgehead atoms. The van der Waals surface area contributed by atoms with Gasteiger partial charge in [0.25, 0.3) is 0 Å². The fourth-order valence-electron chi connectivity index (χ4n) is 3.92. The molecule has 0 spiro atoms. The molecule has 1 aliphatic heterocycles. The number of aromatic amines is 1. The van der Waals surface area contributed by atoms with Crippen LogP contribution in [0.5, 0.6) is 0 Å². The molecule has 4 rings (SSSR count). The number of fused-ring (bicyclic) bond motifs is 1. The summed E-state index contributed by atoms with van der Waals surface area (Å²) in [5.41, 5.74) is 3.81. The maximum absolute atomic E-state index is 4.21. The van der Waals surface area contributed by atoms with Crippen LogP contribution in [0, 0.1) is 5.92 Å². The van der Waals surface area contributed by atoms with Crippen molar-refractivity contribution in [3.8, 4) is 0 Å². The zero-order chi connectivity index (χ0) is 17.1. The zero-order valence-electron chi connectivity index (χ0n) is 14.7.